The number of nitrogens with zero attached hydrogens (tertiary/aromatic N) is 2. The van der Waals surface area contributed by atoms with Crippen LogP contribution in [0.2, 0.25) is 5.02 Å². The zero-order valence-corrected chi connectivity index (χ0v) is 17.0. The van der Waals surface area contributed by atoms with Gasteiger partial charge in [0.15, 0.2) is 0 Å². The van der Waals surface area contributed by atoms with Crippen LogP contribution in [0, 0.1) is 11.3 Å². The molecule has 1 heterocycles. The van der Waals surface area contributed by atoms with Gasteiger partial charge >= 0.3 is 6.18 Å². The van der Waals surface area contributed by atoms with Crippen molar-refractivity contribution in [1.29, 1.82) is 5.26 Å². The summed E-state index contributed by atoms with van der Waals surface area (Å²) in [6.45, 7) is 0. The van der Waals surface area contributed by atoms with Crippen LogP contribution in [-0.2, 0) is 11.0 Å². The molecule has 10 heteroatoms. The molecule has 3 aromatic rings. The third-order valence-electron chi connectivity index (χ3n) is 4.02. The molecule has 2 aromatic carbocycles. The van der Waals surface area contributed by atoms with Gasteiger partial charge in [0.1, 0.15) is 16.8 Å². The maximum atomic E-state index is 12.9. The van der Waals surface area contributed by atoms with E-state index in [2.05, 4.69) is 10.3 Å². The second-order valence-corrected chi connectivity index (χ2v) is 7.41. The summed E-state index contributed by atoms with van der Waals surface area (Å²) >= 11 is 6.89. The van der Waals surface area contributed by atoms with Crippen LogP contribution in [0.4, 0.5) is 18.9 Å². The molecule has 154 valence electrons. The van der Waals surface area contributed by atoms with Gasteiger partial charge in [-0.15, -0.1) is 0 Å². The molecular weight excluding hydrogens is 439 g/mol. The zero-order valence-electron chi connectivity index (χ0n) is 15.4. The number of hydrogen-bond donors (Lipinski definition) is 1. The fraction of sp³-hybridized carbons (Fsp3) is 0.150. The molecule has 0 spiro atoms. The van der Waals surface area contributed by atoms with E-state index in [0.29, 0.717) is 21.7 Å². The van der Waals surface area contributed by atoms with Crippen LogP contribution in [0.15, 0.2) is 47.5 Å². The van der Waals surface area contributed by atoms with E-state index in [0.717, 1.165) is 30.0 Å². The molecule has 0 unspecified atom stereocenters. The second-order valence-electron chi connectivity index (χ2n) is 6.04. The number of carbonyl (C=O) groups is 1. The molecule has 5 nitrogen and oxygen atoms in total. The molecule has 0 bridgehead atoms. The number of hydrogen-bond acceptors (Lipinski definition) is 5. The molecule has 30 heavy (non-hydrogen) atoms. The number of nitrogens with one attached hydrogen (secondary N) is 1. The number of anilines is 1. The van der Waals surface area contributed by atoms with Gasteiger partial charge in [-0.3, -0.25) is 4.79 Å². The molecule has 0 fully saturated rings. The Morgan fingerprint density at radius 3 is 2.70 bits per heavy atom. The first-order chi connectivity index (χ1) is 14.2. The van der Waals surface area contributed by atoms with Crippen molar-refractivity contribution < 1.29 is 22.7 Å². The highest BCUT2D eigenvalue weighted by atomic mass is 35.5. The minimum Gasteiger partial charge on any atom is -0.497 e. The lowest BCUT2D eigenvalue weighted by Gasteiger charge is -2.12. The molecule has 0 atom stereocenters. The van der Waals surface area contributed by atoms with E-state index in [9.17, 15) is 23.2 Å². The zero-order chi connectivity index (χ0) is 21.9. The van der Waals surface area contributed by atoms with Crippen LogP contribution in [0.3, 0.4) is 0 Å². The first-order valence-electron chi connectivity index (χ1n) is 8.39. The molecular formula is C20H13ClF3N3O2S. The van der Waals surface area contributed by atoms with Gasteiger partial charge in [0.05, 0.1) is 40.2 Å². The molecule has 0 radical (unpaired) electrons. The van der Waals surface area contributed by atoms with Crippen molar-refractivity contribution in [3.63, 3.8) is 0 Å². The Kier molecular flexibility index (Phi) is 6.39. The van der Waals surface area contributed by atoms with E-state index in [1.54, 1.807) is 24.3 Å². The maximum absolute atomic E-state index is 12.9. The number of fused-ring (bicyclic) bond motifs is 1. The molecule has 1 aromatic heterocycles. The molecule has 0 saturated carbocycles. The van der Waals surface area contributed by atoms with Crippen molar-refractivity contribution in [3.8, 4) is 11.8 Å². The van der Waals surface area contributed by atoms with Gasteiger partial charge in [0.2, 0.25) is 5.91 Å². The Hall–Kier alpha value is -2.96. The van der Waals surface area contributed by atoms with E-state index < -0.39 is 17.6 Å². The van der Waals surface area contributed by atoms with E-state index in [4.69, 9.17) is 16.3 Å². The lowest BCUT2D eigenvalue weighted by Crippen LogP contribution is -2.15. The predicted molar refractivity (Wildman–Crippen MR) is 109 cm³/mol. The highest BCUT2D eigenvalue weighted by molar-refractivity contribution is 8.00. The predicted octanol–water partition coefficient (Wildman–Crippen LogP) is 5.52. The first kappa shape index (κ1) is 21.7. The minimum absolute atomic E-state index is 0.0168. The summed E-state index contributed by atoms with van der Waals surface area (Å²) in [5, 5.41) is 12.8. The Morgan fingerprint density at radius 1 is 1.27 bits per heavy atom. The van der Waals surface area contributed by atoms with Crippen molar-refractivity contribution in [2.24, 2.45) is 0 Å². The summed E-state index contributed by atoms with van der Waals surface area (Å²) in [5.74, 6) is -0.136. The average Bonchev–Trinajstić information content (AvgIpc) is 2.71. The number of halogens is 4. The van der Waals surface area contributed by atoms with Crippen molar-refractivity contribution in [2.45, 2.75) is 11.2 Å². The monoisotopic (exact) mass is 451 g/mol. The molecule has 0 saturated heterocycles. The van der Waals surface area contributed by atoms with Gasteiger partial charge in [-0.05, 0) is 42.5 Å². The summed E-state index contributed by atoms with van der Waals surface area (Å²) in [6.07, 6.45) is -4.56. The highest BCUT2D eigenvalue weighted by Gasteiger charge is 2.31. The Morgan fingerprint density at radius 2 is 2.03 bits per heavy atom. The minimum atomic E-state index is -4.56. The summed E-state index contributed by atoms with van der Waals surface area (Å²) in [6, 6.07) is 11.5. The highest BCUT2D eigenvalue weighted by Crippen LogP contribution is 2.34. The molecule has 0 aliphatic carbocycles. The van der Waals surface area contributed by atoms with E-state index in [1.807, 2.05) is 6.07 Å². The molecule has 1 N–H and O–H groups in total. The summed E-state index contributed by atoms with van der Waals surface area (Å²) in [4.78, 5) is 16.6. The number of carbonyl (C=O) groups excluding carboxylic acids is 1. The van der Waals surface area contributed by atoms with Crippen LogP contribution in [0.25, 0.3) is 10.9 Å². The SMILES string of the molecule is COc1ccc2nc(SCC(=O)Nc3cc(C(F)(F)F)ccc3Cl)c(C#N)cc2c1. The Bertz CT molecular complexity index is 1160. The van der Waals surface area contributed by atoms with Crippen molar-refractivity contribution >= 4 is 45.9 Å². The number of benzene rings is 2. The number of ether oxygens (including phenoxy) is 1. The number of nitriles is 1. The third kappa shape index (κ3) is 4.96. The summed E-state index contributed by atoms with van der Waals surface area (Å²) < 4.78 is 43.7. The molecule has 3 rings (SSSR count). The standard InChI is InChI=1S/C20H13ClF3N3O2S/c1-29-14-3-5-16-11(7-14)6-12(9-25)19(27-16)30-10-18(28)26-17-8-13(20(22,23)24)2-4-15(17)21/h2-8H,10H2,1H3,(H,26,28). The fourth-order valence-electron chi connectivity index (χ4n) is 2.57. The van der Waals surface area contributed by atoms with Gasteiger partial charge < -0.3 is 10.1 Å². The van der Waals surface area contributed by atoms with Gasteiger partial charge in [0, 0.05) is 5.39 Å². The number of amides is 1. The number of thioether (sulfide) groups is 1. The van der Waals surface area contributed by atoms with Crippen LogP contribution < -0.4 is 10.1 Å². The summed E-state index contributed by atoms with van der Waals surface area (Å²) in [5.41, 5.74) is -0.186. The Balaban J connectivity index is 1.76. The molecule has 1 amide bonds. The summed E-state index contributed by atoms with van der Waals surface area (Å²) in [7, 11) is 1.53. The average molecular weight is 452 g/mol. The largest absolute Gasteiger partial charge is 0.497 e. The van der Waals surface area contributed by atoms with Crippen LogP contribution in [0.5, 0.6) is 5.75 Å². The number of aromatic nitrogens is 1. The van der Waals surface area contributed by atoms with Crippen molar-refractivity contribution in [2.75, 3.05) is 18.2 Å². The lowest BCUT2D eigenvalue weighted by atomic mass is 10.1. The Labute approximate surface area is 178 Å². The first-order valence-corrected chi connectivity index (χ1v) is 9.76. The van der Waals surface area contributed by atoms with Gasteiger partial charge in [-0.2, -0.15) is 18.4 Å². The van der Waals surface area contributed by atoms with E-state index in [-0.39, 0.29) is 22.0 Å². The number of pyridine rings is 1. The number of rotatable bonds is 5. The van der Waals surface area contributed by atoms with Gasteiger partial charge in [-0.25, -0.2) is 4.98 Å². The van der Waals surface area contributed by atoms with Gasteiger partial charge in [0.25, 0.3) is 0 Å². The molecule has 0 aliphatic heterocycles. The lowest BCUT2D eigenvalue weighted by molar-refractivity contribution is -0.137. The topological polar surface area (TPSA) is 75.0 Å². The van der Waals surface area contributed by atoms with E-state index in [1.165, 1.54) is 7.11 Å². The number of alkyl halides is 3. The smallest absolute Gasteiger partial charge is 0.416 e. The fourth-order valence-corrected chi connectivity index (χ4v) is 3.50. The number of methoxy groups -OCH3 is 1. The maximum Gasteiger partial charge on any atom is 0.416 e. The van der Waals surface area contributed by atoms with Crippen LogP contribution in [0.1, 0.15) is 11.1 Å². The quantitative estimate of drug-likeness (QED) is 0.517. The van der Waals surface area contributed by atoms with Crippen molar-refractivity contribution in [1.82, 2.24) is 4.98 Å². The van der Waals surface area contributed by atoms with Gasteiger partial charge in [-0.1, -0.05) is 23.4 Å². The van der Waals surface area contributed by atoms with E-state index >= 15 is 0 Å². The second kappa shape index (κ2) is 8.81. The van der Waals surface area contributed by atoms with Crippen LogP contribution >= 0.6 is 23.4 Å². The van der Waals surface area contributed by atoms with Crippen LogP contribution in [-0.4, -0.2) is 23.8 Å². The molecule has 0 aliphatic rings. The van der Waals surface area contributed by atoms with Crippen molar-refractivity contribution in [3.05, 3.63) is 58.6 Å². The third-order valence-corrected chi connectivity index (χ3v) is 5.34. The normalized spacial score (nSPS) is 11.2.